The first-order valence-electron chi connectivity index (χ1n) is 9.46. The van der Waals surface area contributed by atoms with Crippen molar-refractivity contribution in [1.82, 2.24) is 9.88 Å². The van der Waals surface area contributed by atoms with Gasteiger partial charge in [0.15, 0.2) is 0 Å². The number of pyridine rings is 1. The van der Waals surface area contributed by atoms with Crippen molar-refractivity contribution < 1.29 is 4.79 Å². The van der Waals surface area contributed by atoms with Crippen LogP contribution in [0, 0.1) is 5.41 Å². The molecule has 2 aliphatic rings. The van der Waals surface area contributed by atoms with Gasteiger partial charge in [0.1, 0.15) is 0 Å². The van der Waals surface area contributed by atoms with E-state index >= 15 is 0 Å². The van der Waals surface area contributed by atoms with Gasteiger partial charge in [-0.2, -0.15) is 0 Å². The van der Waals surface area contributed by atoms with Gasteiger partial charge in [-0.25, -0.2) is 0 Å². The van der Waals surface area contributed by atoms with E-state index in [9.17, 15) is 4.79 Å². The fourth-order valence-corrected chi connectivity index (χ4v) is 4.98. The molecule has 1 unspecified atom stereocenters. The average Bonchev–Trinajstić information content (AvgIpc) is 3.08. The van der Waals surface area contributed by atoms with E-state index in [1.165, 1.54) is 31.2 Å². The molecule has 1 heterocycles. The molecule has 0 N–H and O–H groups in total. The molecule has 0 aliphatic heterocycles. The first-order valence-corrected chi connectivity index (χ1v) is 9.46. The fourth-order valence-electron chi connectivity index (χ4n) is 4.98. The van der Waals surface area contributed by atoms with Gasteiger partial charge in [0.05, 0.1) is 5.41 Å². The standard InChI is InChI=1S/C22H26N2O/c1-2-24(16-18-9-8-14-23-15-18)20(25)22(19-10-4-3-5-11-19)17-21(22)12-6-7-13-21/h3-5,8-11,14-15H,2,6-7,12-13,16-17H2,1H3. The minimum atomic E-state index is -0.303. The van der Waals surface area contributed by atoms with Crippen LogP contribution in [-0.4, -0.2) is 22.3 Å². The zero-order chi connectivity index (χ0) is 17.3. The Morgan fingerprint density at radius 2 is 1.88 bits per heavy atom. The Morgan fingerprint density at radius 3 is 2.52 bits per heavy atom. The van der Waals surface area contributed by atoms with Crippen LogP contribution in [0.3, 0.4) is 0 Å². The van der Waals surface area contributed by atoms with Crippen LogP contribution in [0.5, 0.6) is 0 Å². The Labute approximate surface area is 150 Å². The highest BCUT2D eigenvalue weighted by Gasteiger charge is 2.72. The van der Waals surface area contributed by atoms with E-state index in [2.05, 4.69) is 42.2 Å². The lowest BCUT2D eigenvalue weighted by Crippen LogP contribution is -2.41. The largest absolute Gasteiger partial charge is 0.338 e. The lowest BCUT2D eigenvalue weighted by molar-refractivity contribution is -0.135. The van der Waals surface area contributed by atoms with Crippen LogP contribution in [0.2, 0.25) is 0 Å². The molecule has 0 radical (unpaired) electrons. The highest BCUT2D eigenvalue weighted by Crippen LogP contribution is 2.72. The Balaban J connectivity index is 1.67. The van der Waals surface area contributed by atoms with Crippen LogP contribution in [-0.2, 0) is 16.8 Å². The van der Waals surface area contributed by atoms with Gasteiger partial charge in [-0.1, -0.05) is 49.2 Å². The van der Waals surface area contributed by atoms with E-state index in [1.807, 2.05) is 23.2 Å². The van der Waals surface area contributed by atoms with Crippen LogP contribution in [0.1, 0.15) is 50.2 Å². The summed E-state index contributed by atoms with van der Waals surface area (Å²) < 4.78 is 0. The maximum absolute atomic E-state index is 13.7. The van der Waals surface area contributed by atoms with E-state index in [0.29, 0.717) is 12.5 Å². The molecule has 1 atom stereocenters. The Hall–Kier alpha value is -2.16. The van der Waals surface area contributed by atoms with Crippen LogP contribution < -0.4 is 0 Å². The van der Waals surface area contributed by atoms with Gasteiger partial charge < -0.3 is 4.90 Å². The second kappa shape index (κ2) is 6.29. The number of carbonyl (C=O) groups is 1. The molecule has 1 amide bonds. The summed E-state index contributed by atoms with van der Waals surface area (Å²) in [5.74, 6) is 0.312. The number of nitrogens with zero attached hydrogens (tertiary/aromatic N) is 2. The molecule has 2 aliphatic carbocycles. The molecule has 1 spiro atoms. The molecular weight excluding hydrogens is 308 g/mol. The van der Waals surface area contributed by atoms with Gasteiger partial charge in [-0.05, 0) is 48.8 Å². The van der Waals surface area contributed by atoms with Gasteiger partial charge in [0.2, 0.25) is 5.91 Å². The molecule has 25 heavy (non-hydrogen) atoms. The molecule has 0 saturated heterocycles. The Morgan fingerprint density at radius 1 is 1.12 bits per heavy atom. The third-order valence-electron chi connectivity index (χ3n) is 6.34. The highest BCUT2D eigenvalue weighted by molar-refractivity contribution is 5.93. The summed E-state index contributed by atoms with van der Waals surface area (Å²) in [6.07, 6.45) is 9.57. The summed E-state index contributed by atoms with van der Waals surface area (Å²) >= 11 is 0. The lowest BCUT2D eigenvalue weighted by atomic mass is 9.83. The van der Waals surface area contributed by atoms with Crippen LogP contribution in [0.4, 0.5) is 0 Å². The third-order valence-corrected chi connectivity index (χ3v) is 6.34. The first kappa shape index (κ1) is 16.3. The van der Waals surface area contributed by atoms with Gasteiger partial charge in [0, 0.05) is 25.5 Å². The van der Waals surface area contributed by atoms with Crippen molar-refractivity contribution in [2.45, 2.75) is 51.0 Å². The summed E-state index contributed by atoms with van der Waals surface area (Å²) in [4.78, 5) is 20.0. The number of carbonyl (C=O) groups excluding carboxylic acids is 1. The summed E-state index contributed by atoms with van der Waals surface area (Å²) in [7, 11) is 0. The SMILES string of the molecule is CCN(Cc1cccnc1)C(=O)C1(c2ccccc2)CC12CCCC2. The van der Waals surface area contributed by atoms with Crippen LogP contribution >= 0.6 is 0 Å². The molecule has 3 nitrogen and oxygen atoms in total. The summed E-state index contributed by atoms with van der Waals surface area (Å²) in [6.45, 7) is 3.46. The third kappa shape index (κ3) is 2.57. The molecule has 1 aromatic heterocycles. The van der Waals surface area contributed by atoms with Crippen molar-refractivity contribution in [1.29, 1.82) is 0 Å². The molecule has 2 aromatic rings. The highest BCUT2D eigenvalue weighted by atomic mass is 16.2. The molecule has 1 aromatic carbocycles. The molecule has 2 saturated carbocycles. The minimum absolute atomic E-state index is 0.202. The summed E-state index contributed by atoms with van der Waals surface area (Å²) in [6, 6.07) is 14.5. The Kier molecular flexibility index (Phi) is 4.10. The van der Waals surface area contributed by atoms with E-state index < -0.39 is 0 Å². The van der Waals surface area contributed by atoms with Crippen molar-refractivity contribution in [2.75, 3.05) is 6.54 Å². The van der Waals surface area contributed by atoms with Gasteiger partial charge in [0.25, 0.3) is 0 Å². The number of amides is 1. The molecule has 4 rings (SSSR count). The van der Waals surface area contributed by atoms with Crippen molar-refractivity contribution in [2.24, 2.45) is 5.41 Å². The monoisotopic (exact) mass is 334 g/mol. The molecule has 0 bridgehead atoms. The normalized spacial score (nSPS) is 23.6. The molecule has 2 fully saturated rings. The zero-order valence-corrected chi connectivity index (χ0v) is 14.9. The summed E-state index contributed by atoms with van der Waals surface area (Å²) in [5.41, 5.74) is 2.21. The smallest absolute Gasteiger partial charge is 0.234 e. The van der Waals surface area contributed by atoms with Crippen molar-refractivity contribution in [3.05, 3.63) is 66.0 Å². The number of likely N-dealkylation sites (N-methyl/N-ethyl adjacent to an activating group) is 1. The molecule has 130 valence electrons. The maximum Gasteiger partial charge on any atom is 0.234 e. The van der Waals surface area contributed by atoms with Crippen molar-refractivity contribution in [3.63, 3.8) is 0 Å². The number of hydrogen-bond acceptors (Lipinski definition) is 2. The predicted octanol–water partition coefficient (Wildman–Crippen LogP) is 4.33. The van der Waals surface area contributed by atoms with Crippen LogP contribution in [0.25, 0.3) is 0 Å². The van der Waals surface area contributed by atoms with Crippen molar-refractivity contribution >= 4 is 5.91 Å². The summed E-state index contributed by atoms with van der Waals surface area (Å²) in [5, 5.41) is 0. The minimum Gasteiger partial charge on any atom is -0.338 e. The van der Waals surface area contributed by atoms with E-state index in [1.54, 1.807) is 6.20 Å². The van der Waals surface area contributed by atoms with Gasteiger partial charge in [-0.3, -0.25) is 9.78 Å². The second-order valence-electron chi connectivity index (χ2n) is 7.62. The van der Waals surface area contributed by atoms with E-state index in [-0.39, 0.29) is 10.8 Å². The van der Waals surface area contributed by atoms with Crippen LogP contribution in [0.15, 0.2) is 54.9 Å². The number of aromatic nitrogens is 1. The van der Waals surface area contributed by atoms with Gasteiger partial charge in [-0.15, -0.1) is 0 Å². The van der Waals surface area contributed by atoms with Gasteiger partial charge >= 0.3 is 0 Å². The topological polar surface area (TPSA) is 33.2 Å². The zero-order valence-electron chi connectivity index (χ0n) is 14.9. The Bertz CT molecular complexity index is 737. The molecule has 3 heteroatoms. The number of benzene rings is 1. The second-order valence-corrected chi connectivity index (χ2v) is 7.62. The number of rotatable bonds is 5. The lowest BCUT2D eigenvalue weighted by Gasteiger charge is -2.30. The van der Waals surface area contributed by atoms with Crippen molar-refractivity contribution in [3.8, 4) is 0 Å². The average molecular weight is 334 g/mol. The number of hydrogen-bond donors (Lipinski definition) is 0. The fraction of sp³-hybridized carbons (Fsp3) is 0.455. The first-order chi connectivity index (χ1) is 12.2. The predicted molar refractivity (Wildman–Crippen MR) is 99.0 cm³/mol. The quantitative estimate of drug-likeness (QED) is 0.815. The molecular formula is C22H26N2O. The van der Waals surface area contributed by atoms with E-state index in [4.69, 9.17) is 0 Å². The maximum atomic E-state index is 13.7. The van der Waals surface area contributed by atoms with E-state index in [0.717, 1.165) is 18.5 Å².